The molecule has 0 aromatic heterocycles. The van der Waals surface area contributed by atoms with E-state index in [-0.39, 0.29) is 21.5 Å². The van der Waals surface area contributed by atoms with E-state index in [9.17, 15) is 9.90 Å². The highest BCUT2D eigenvalue weighted by atomic mass is 35.5. The molecule has 0 unspecified atom stereocenters. The molecule has 0 aliphatic carbocycles. The normalized spacial score (nSPS) is 9.40. The summed E-state index contributed by atoms with van der Waals surface area (Å²) in [5, 5.41) is 15.1. The molecular weight excluding hydrogens is 371 g/mol. The Labute approximate surface area is 153 Å². The van der Waals surface area contributed by atoms with Crippen LogP contribution >= 0.6 is 23.2 Å². The summed E-state index contributed by atoms with van der Waals surface area (Å²) in [6, 6.07) is 8.49. The minimum Gasteiger partial charge on any atom is -0.504 e. The van der Waals surface area contributed by atoms with Crippen LogP contribution in [0.15, 0.2) is 36.4 Å². The van der Waals surface area contributed by atoms with Crippen molar-refractivity contribution in [2.24, 2.45) is 11.5 Å². The molecule has 8 nitrogen and oxygen atoms in total. The number of para-hydroxylation sites is 2. The fraction of sp³-hybridized carbons (Fsp3) is 0.0667. The van der Waals surface area contributed by atoms with Gasteiger partial charge in [0.1, 0.15) is 10.8 Å². The van der Waals surface area contributed by atoms with Gasteiger partial charge in [0, 0.05) is 0 Å². The van der Waals surface area contributed by atoms with E-state index in [0.717, 1.165) is 0 Å². The number of primary amides is 2. The summed E-state index contributed by atoms with van der Waals surface area (Å²) in [5.41, 5.74) is 9.15. The van der Waals surface area contributed by atoms with Crippen LogP contribution in [-0.4, -0.2) is 24.3 Å². The Hall–Kier alpha value is -2.84. The molecule has 0 radical (unpaired) electrons. The number of halogens is 2. The average molecular weight is 387 g/mol. The van der Waals surface area contributed by atoms with Gasteiger partial charge in [-0.25, -0.2) is 9.59 Å². The number of amides is 4. The van der Waals surface area contributed by atoms with E-state index in [0.29, 0.717) is 11.4 Å². The van der Waals surface area contributed by atoms with E-state index in [1.54, 1.807) is 24.3 Å². The number of nitrogens with one attached hydrogen (secondary N) is 2. The molecule has 0 saturated heterocycles. The Morgan fingerprint density at radius 3 is 2.20 bits per heavy atom. The zero-order valence-electron chi connectivity index (χ0n) is 13.0. The topological polar surface area (TPSA) is 140 Å². The van der Waals surface area contributed by atoms with E-state index >= 15 is 0 Å². The number of benzene rings is 2. The number of urea groups is 2. The van der Waals surface area contributed by atoms with Crippen molar-refractivity contribution in [2.45, 2.75) is 0 Å². The van der Waals surface area contributed by atoms with Crippen LogP contribution in [0.5, 0.6) is 11.5 Å². The maximum Gasteiger partial charge on any atom is 0.323 e. The van der Waals surface area contributed by atoms with E-state index in [1.165, 1.54) is 19.2 Å². The first-order chi connectivity index (χ1) is 11.8. The zero-order chi connectivity index (χ0) is 19.0. The van der Waals surface area contributed by atoms with Gasteiger partial charge >= 0.3 is 12.1 Å². The molecule has 2 aromatic carbocycles. The summed E-state index contributed by atoms with van der Waals surface area (Å²) in [6.45, 7) is 0. The Bertz CT molecular complexity index is 767. The van der Waals surface area contributed by atoms with Crippen LogP contribution in [0.1, 0.15) is 0 Å². The van der Waals surface area contributed by atoms with Crippen molar-refractivity contribution >= 4 is 46.6 Å². The fourth-order valence-electron chi connectivity index (χ4n) is 1.66. The molecule has 134 valence electrons. The maximum absolute atomic E-state index is 11.9. The number of carbonyl (C=O) groups excluding carboxylic acids is 2. The van der Waals surface area contributed by atoms with Crippen molar-refractivity contribution in [1.82, 2.24) is 0 Å². The summed E-state index contributed by atoms with van der Waals surface area (Å²) >= 11 is 11.6. The largest absolute Gasteiger partial charge is 0.504 e. The minimum atomic E-state index is -0.833. The predicted octanol–water partition coefficient (Wildman–Crippen LogP) is 3.38. The van der Waals surface area contributed by atoms with Crippen LogP contribution in [0.3, 0.4) is 0 Å². The number of phenolic OH excluding ortho intramolecular Hbond substituents is 1. The van der Waals surface area contributed by atoms with Crippen LogP contribution in [0.2, 0.25) is 10.0 Å². The molecule has 0 aliphatic rings. The van der Waals surface area contributed by atoms with Crippen LogP contribution < -0.4 is 26.8 Å². The number of nitrogens with two attached hydrogens (primary N) is 2. The van der Waals surface area contributed by atoms with Crippen molar-refractivity contribution in [3.8, 4) is 11.5 Å². The van der Waals surface area contributed by atoms with Crippen LogP contribution in [0.4, 0.5) is 21.0 Å². The molecular formula is C15H16Cl2N4O4. The van der Waals surface area contributed by atoms with Crippen molar-refractivity contribution in [3.63, 3.8) is 0 Å². The van der Waals surface area contributed by atoms with Crippen LogP contribution in [0.25, 0.3) is 0 Å². The zero-order valence-corrected chi connectivity index (χ0v) is 14.6. The molecule has 7 N–H and O–H groups in total. The fourth-order valence-corrected chi connectivity index (χ4v) is 1.98. The highest BCUT2D eigenvalue weighted by molar-refractivity contribution is 6.43. The second-order valence-corrected chi connectivity index (χ2v) is 5.22. The second-order valence-electron chi connectivity index (χ2n) is 4.44. The number of phenols is 1. The van der Waals surface area contributed by atoms with Gasteiger partial charge in [0.2, 0.25) is 0 Å². The lowest BCUT2D eigenvalue weighted by atomic mass is 10.3. The number of rotatable bonds is 3. The molecule has 0 saturated carbocycles. The lowest BCUT2D eigenvalue weighted by molar-refractivity contribution is 0.256. The van der Waals surface area contributed by atoms with Crippen molar-refractivity contribution < 1.29 is 19.4 Å². The third-order valence-electron chi connectivity index (χ3n) is 2.67. The smallest absolute Gasteiger partial charge is 0.323 e. The number of carbonyl (C=O) groups is 2. The quantitative estimate of drug-likeness (QED) is 0.515. The van der Waals surface area contributed by atoms with Crippen LogP contribution in [-0.2, 0) is 0 Å². The Balaban J connectivity index is 0.000000705. The molecule has 0 spiro atoms. The lowest BCUT2D eigenvalue weighted by Crippen LogP contribution is -2.19. The summed E-state index contributed by atoms with van der Waals surface area (Å²) in [5.74, 6) is 0.227. The third-order valence-corrected chi connectivity index (χ3v) is 3.47. The number of hydrogen-bond donors (Lipinski definition) is 5. The first-order valence-electron chi connectivity index (χ1n) is 6.69. The molecule has 2 aromatic rings. The van der Waals surface area contributed by atoms with Gasteiger partial charge < -0.3 is 31.9 Å². The lowest BCUT2D eigenvalue weighted by Gasteiger charge is -2.12. The second kappa shape index (κ2) is 9.45. The Kier molecular flexibility index (Phi) is 7.64. The number of ether oxygens (including phenoxy) is 1. The van der Waals surface area contributed by atoms with Crippen molar-refractivity contribution in [3.05, 3.63) is 46.4 Å². The van der Waals surface area contributed by atoms with E-state index in [4.69, 9.17) is 32.7 Å². The van der Waals surface area contributed by atoms with Crippen molar-refractivity contribution in [2.75, 3.05) is 17.7 Å². The van der Waals surface area contributed by atoms with Crippen LogP contribution in [0, 0.1) is 0 Å². The first kappa shape index (κ1) is 20.2. The molecule has 10 heteroatoms. The average Bonchev–Trinajstić information content (AvgIpc) is 2.55. The van der Waals surface area contributed by atoms with E-state index in [2.05, 4.69) is 22.1 Å². The molecule has 0 bridgehead atoms. The standard InChI is InChI=1S/C14H12Cl2N2O3.CH4N2O/c1-21-11-5-3-2-4-9(11)17-14(20)18-10-7-6-8(15)12(16)13(10)19;2-1(3)4/h2-7,19H,1H3,(H2,17,18,20);(H4,2,3,4). The SMILES string of the molecule is COc1ccccc1NC(=O)Nc1ccc(Cl)c(Cl)c1O.NC(N)=O. The number of methoxy groups -OCH3 is 1. The summed E-state index contributed by atoms with van der Waals surface area (Å²) in [6.07, 6.45) is 0. The highest BCUT2D eigenvalue weighted by Crippen LogP contribution is 2.37. The molecule has 4 amide bonds. The maximum atomic E-state index is 11.9. The van der Waals surface area contributed by atoms with Gasteiger partial charge in [-0.2, -0.15) is 0 Å². The molecule has 0 aliphatic heterocycles. The van der Waals surface area contributed by atoms with Gasteiger partial charge in [-0.05, 0) is 24.3 Å². The molecule has 25 heavy (non-hydrogen) atoms. The van der Waals surface area contributed by atoms with E-state index in [1.807, 2.05) is 0 Å². The monoisotopic (exact) mass is 386 g/mol. The summed E-state index contributed by atoms with van der Waals surface area (Å²) in [7, 11) is 1.50. The molecule has 0 fully saturated rings. The number of anilines is 2. The van der Waals surface area contributed by atoms with Gasteiger partial charge in [-0.3, -0.25) is 0 Å². The molecule has 2 rings (SSSR count). The van der Waals surface area contributed by atoms with Crippen molar-refractivity contribution in [1.29, 1.82) is 0 Å². The number of aromatic hydroxyl groups is 1. The van der Waals surface area contributed by atoms with Gasteiger partial charge in [-0.15, -0.1) is 0 Å². The van der Waals surface area contributed by atoms with Gasteiger partial charge in [0.25, 0.3) is 0 Å². The predicted molar refractivity (Wildman–Crippen MR) is 97.5 cm³/mol. The Morgan fingerprint density at radius 1 is 1.04 bits per heavy atom. The summed E-state index contributed by atoms with van der Waals surface area (Å²) < 4.78 is 5.12. The summed E-state index contributed by atoms with van der Waals surface area (Å²) in [4.78, 5) is 20.9. The highest BCUT2D eigenvalue weighted by Gasteiger charge is 2.13. The number of hydrogen-bond acceptors (Lipinski definition) is 4. The third kappa shape index (κ3) is 6.28. The van der Waals surface area contributed by atoms with Gasteiger partial charge in [0.05, 0.1) is 23.5 Å². The first-order valence-corrected chi connectivity index (χ1v) is 7.44. The van der Waals surface area contributed by atoms with Gasteiger partial charge in [0.15, 0.2) is 5.75 Å². The molecule has 0 atom stereocenters. The minimum absolute atomic E-state index is 0.0215. The Morgan fingerprint density at radius 2 is 1.60 bits per heavy atom. The van der Waals surface area contributed by atoms with E-state index < -0.39 is 12.1 Å². The van der Waals surface area contributed by atoms with Gasteiger partial charge in [-0.1, -0.05) is 35.3 Å². The molecule has 0 heterocycles.